The van der Waals surface area contributed by atoms with E-state index >= 15 is 0 Å². The van der Waals surface area contributed by atoms with Crippen molar-refractivity contribution in [1.82, 2.24) is 15.1 Å². The molecule has 116 valence electrons. The van der Waals surface area contributed by atoms with Crippen LogP contribution < -0.4 is 10.1 Å². The molecule has 1 N–H and O–H groups in total. The average molecular weight is 299 g/mol. The highest BCUT2D eigenvalue weighted by Crippen LogP contribution is 2.31. The maximum absolute atomic E-state index is 12.6. The third-order valence-corrected chi connectivity index (χ3v) is 4.20. The summed E-state index contributed by atoms with van der Waals surface area (Å²) in [6, 6.07) is 9.82. The first-order valence-electron chi connectivity index (χ1n) is 7.67. The van der Waals surface area contributed by atoms with Crippen molar-refractivity contribution in [2.45, 2.75) is 31.7 Å². The lowest BCUT2D eigenvalue weighted by molar-refractivity contribution is -0.123. The summed E-state index contributed by atoms with van der Waals surface area (Å²) in [4.78, 5) is 12.6. The quantitative estimate of drug-likeness (QED) is 0.947. The smallest absolute Gasteiger partial charge is 0.229 e. The summed E-state index contributed by atoms with van der Waals surface area (Å²) in [7, 11) is 1.86. The molecule has 1 amide bonds. The van der Waals surface area contributed by atoms with Gasteiger partial charge in [0.15, 0.2) is 0 Å². The lowest BCUT2D eigenvalue weighted by atomic mass is 10.00. The van der Waals surface area contributed by atoms with Gasteiger partial charge < -0.3 is 10.1 Å². The number of aromatic nitrogens is 2. The third kappa shape index (κ3) is 2.84. The van der Waals surface area contributed by atoms with Crippen LogP contribution in [0, 0.1) is 0 Å². The van der Waals surface area contributed by atoms with Gasteiger partial charge in [0.2, 0.25) is 5.91 Å². The second-order valence-electron chi connectivity index (χ2n) is 5.69. The van der Waals surface area contributed by atoms with E-state index in [-0.39, 0.29) is 17.9 Å². The number of carbonyl (C=O) groups excluding carboxylic acids is 1. The van der Waals surface area contributed by atoms with E-state index in [1.54, 1.807) is 10.9 Å². The van der Waals surface area contributed by atoms with Gasteiger partial charge in [0.1, 0.15) is 5.75 Å². The van der Waals surface area contributed by atoms with Crippen LogP contribution >= 0.6 is 0 Å². The van der Waals surface area contributed by atoms with Crippen LogP contribution in [0.25, 0.3) is 0 Å². The Morgan fingerprint density at radius 3 is 3.00 bits per heavy atom. The minimum absolute atomic E-state index is 0.00174. The number of rotatable bonds is 3. The first-order chi connectivity index (χ1) is 10.7. The summed E-state index contributed by atoms with van der Waals surface area (Å²) in [5.41, 5.74) is 1.97. The SMILES string of the molecule is C[C@H](C(=O)N[C@H]1CCCOc2ccccc21)c1ccnn1C. The number of para-hydroxylation sites is 1. The van der Waals surface area contributed by atoms with Crippen molar-refractivity contribution in [3.63, 3.8) is 0 Å². The average Bonchev–Trinajstić information content (AvgIpc) is 2.85. The number of hydrogen-bond donors (Lipinski definition) is 1. The summed E-state index contributed by atoms with van der Waals surface area (Å²) >= 11 is 0. The van der Waals surface area contributed by atoms with E-state index in [0.717, 1.165) is 29.8 Å². The van der Waals surface area contributed by atoms with Crippen LogP contribution in [-0.4, -0.2) is 22.3 Å². The lowest BCUT2D eigenvalue weighted by Crippen LogP contribution is -2.32. The molecule has 0 saturated heterocycles. The topological polar surface area (TPSA) is 56.1 Å². The summed E-state index contributed by atoms with van der Waals surface area (Å²) in [5, 5.41) is 7.30. The molecule has 5 nitrogen and oxygen atoms in total. The van der Waals surface area contributed by atoms with E-state index < -0.39 is 0 Å². The minimum Gasteiger partial charge on any atom is -0.493 e. The standard InChI is InChI=1S/C17H21N3O2/c1-12(15-9-10-18-20(15)2)17(21)19-14-7-5-11-22-16-8-4-3-6-13(14)16/h3-4,6,8-10,12,14H,5,7,11H2,1-2H3,(H,19,21)/t12-,14-/m0/s1. The molecule has 0 aliphatic carbocycles. The number of carbonyl (C=O) groups is 1. The van der Waals surface area contributed by atoms with Gasteiger partial charge in [-0.3, -0.25) is 9.48 Å². The Bertz CT molecular complexity index is 665. The molecule has 0 bridgehead atoms. The monoisotopic (exact) mass is 299 g/mol. The van der Waals surface area contributed by atoms with Gasteiger partial charge in [0.05, 0.1) is 24.3 Å². The highest BCUT2D eigenvalue weighted by Gasteiger charge is 2.25. The molecule has 0 fully saturated rings. The fourth-order valence-corrected chi connectivity index (χ4v) is 2.91. The van der Waals surface area contributed by atoms with E-state index in [0.29, 0.717) is 6.61 Å². The molecule has 1 aromatic carbocycles. The second-order valence-corrected chi connectivity index (χ2v) is 5.69. The number of fused-ring (bicyclic) bond motifs is 1. The largest absolute Gasteiger partial charge is 0.493 e. The summed E-state index contributed by atoms with van der Waals surface area (Å²) in [6.07, 6.45) is 3.54. The summed E-state index contributed by atoms with van der Waals surface area (Å²) in [6.45, 7) is 2.60. The van der Waals surface area contributed by atoms with Crippen molar-refractivity contribution in [3.8, 4) is 5.75 Å². The second kappa shape index (κ2) is 6.22. The van der Waals surface area contributed by atoms with E-state index in [1.807, 2.05) is 44.3 Å². The summed E-state index contributed by atoms with van der Waals surface area (Å²) < 4.78 is 7.49. The molecular weight excluding hydrogens is 278 g/mol. The van der Waals surface area contributed by atoms with Crippen molar-refractivity contribution < 1.29 is 9.53 Å². The first kappa shape index (κ1) is 14.6. The fraction of sp³-hybridized carbons (Fsp3) is 0.412. The number of aryl methyl sites for hydroxylation is 1. The van der Waals surface area contributed by atoms with Crippen LogP contribution in [0.1, 0.15) is 43.0 Å². The van der Waals surface area contributed by atoms with E-state index in [9.17, 15) is 4.79 Å². The van der Waals surface area contributed by atoms with Gasteiger partial charge in [-0.25, -0.2) is 0 Å². The maximum atomic E-state index is 12.6. The third-order valence-electron chi connectivity index (χ3n) is 4.20. The van der Waals surface area contributed by atoms with Gasteiger partial charge in [0, 0.05) is 18.8 Å². The van der Waals surface area contributed by atoms with Crippen LogP contribution in [0.4, 0.5) is 0 Å². The lowest BCUT2D eigenvalue weighted by Gasteiger charge is -2.21. The van der Waals surface area contributed by atoms with Gasteiger partial charge >= 0.3 is 0 Å². The number of nitrogens with one attached hydrogen (secondary N) is 1. The number of hydrogen-bond acceptors (Lipinski definition) is 3. The first-order valence-corrected chi connectivity index (χ1v) is 7.67. The predicted molar refractivity (Wildman–Crippen MR) is 83.7 cm³/mol. The van der Waals surface area contributed by atoms with Gasteiger partial charge in [-0.05, 0) is 31.9 Å². The molecule has 3 rings (SSSR count). The molecule has 1 aromatic heterocycles. The molecule has 0 unspecified atom stereocenters. The molecular formula is C17H21N3O2. The molecule has 0 spiro atoms. The van der Waals surface area contributed by atoms with Gasteiger partial charge in [0.25, 0.3) is 0 Å². The van der Waals surface area contributed by atoms with Crippen LogP contribution in [0.15, 0.2) is 36.5 Å². The molecule has 2 heterocycles. The van der Waals surface area contributed by atoms with E-state index in [1.165, 1.54) is 0 Å². The Balaban J connectivity index is 1.78. The number of amides is 1. The van der Waals surface area contributed by atoms with E-state index in [4.69, 9.17) is 4.74 Å². The van der Waals surface area contributed by atoms with Gasteiger partial charge in [-0.15, -0.1) is 0 Å². The van der Waals surface area contributed by atoms with Crippen molar-refractivity contribution in [3.05, 3.63) is 47.8 Å². The zero-order valence-corrected chi connectivity index (χ0v) is 13.0. The van der Waals surface area contributed by atoms with Crippen molar-refractivity contribution in [2.75, 3.05) is 6.61 Å². The number of nitrogens with zero attached hydrogens (tertiary/aromatic N) is 2. The minimum atomic E-state index is -0.233. The molecule has 5 heteroatoms. The van der Waals surface area contributed by atoms with Crippen molar-refractivity contribution >= 4 is 5.91 Å². The van der Waals surface area contributed by atoms with Crippen LogP contribution in [0.3, 0.4) is 0 Å². The molecule has 1 aliphatic rings. The number of benzene rings is 1. The molecule has 22 heavy (non-hydrogen) atoms. The van der Waals surface area contributed by atoms with Gasteiger partial charge in [-0.2, -0.15) is 5.10 Å². The van der Waals surface area contributed by atoms with E-state index in [2.05, 4.69) is 10.4 Å². The Kier molecular flexibility index (Phi) is 4.13. The van der Waals surface area contributed by atoms with Crippen LogP contribution in [0.5, 0.6) is 5.75 Å². The maximum Gasteiger partial charge on any atom is 0.229 e. The molecule has 0 saturated carbocycles. The molecule has 2 atom stereocenters. The fourth-order valence-electron chi connectivity index (χ4n) is 2.91. The predicted octanol–water partition coefficient (Wildman–Crippen LogP) is 2.55. The number of ether oxygens (including phenoxy) is 1. The summed E-state index contributed by atoms with van der Waals surface area (Å²) in [5.74, 6) is 0.660. The zero-order valence-electron chi connectivity index (χ0n) is 13.0. The highest BCUT2D eigenvalue weighted by molar-refractivity contribution is 5.83. The van der Waals surface area contributed by atoms with Crippen LogP contribution in [-0.2, 0) is 11.8 Å². The van der Waals surface area contributed by atoms with Crippen molar-refractivity contribution in [2.24, 2.45) is 7.05 Å². The normalized spacial score (nSPS) is 18.7. The molecule has 2 aromatic rings. The Morgan fingerprint density at radius 2 is 2.23 bits per heavy atom. The van der Waals surface area contributed by atoms with Crippen LogP contribution in [0.2, 0.25) is 0 Å². The van der Waals surface area contributed by atoms with Gasteiger partial charge in [-0.1, -0.05) is 18.2 Å². The Hall–Kier alpha value is -2.30. The van der Waals surface area contributed by atoms with Crippen molar-refractivity contribution in [1.29, 1.82) is 0 Å². The zero-order chi connectivity index (χ0) is 15.5. The highest BCUT2D eigenvalue weighted by atomic mass is 16.5. The molecule has 1 aliphatic heterocycles. The Labute approximate surface area is 130 Å². The molecule has 0 radical (unpaired) electrons. The Morgan fingerprint density at radius 1 is 1.41 bits per heavy atom.